The molecule has 5 heteroatoms. The second kappa shape index (κ2) is 5.00. The SMILES string of the molecule is OCCN(c1ncnc2c1oc1ccccc12)C1CCC1. The molecule has 1 fully saturated rings. The fraction of sp³-hybridized carbons (Fsp3) is 0.375. The molecule has 1 aliphatic carbocycles. The highest BCUT2D eigenvalue weighted by molar-refractivity contribution is 6.05. The molecule has 1 aromatic carbocycles. The van der Waals surface area contributed by atoms with Crippen LogP contribution in [0.2, 0.25) is 0 Å². The van der Waals surface area contributed by atoms with Gasteiger partial charge in [-0.25, -0.2) is 9.97 Å². The predicted octanol–water partition coefficient (Wildman–Crippen LogP) is 2.73. The van der Waals surface area contributed by atoms with E-state index in [1.54, 1.807) is 6.33 Å². The maximum absolute atomic E-state index is 9.36. The van der Waals surface area contributed by atoms with Crippen molar-refractivity contribution < 1.29 is 9.52 Å². The average Bonchev–Trinajstić information content (AvgIpc) is 2.83. The van der Waals surface area contributed by atoms with Crippen molar-refractivity contribution in [1.29, 1.82) is 0 Å². The topological polar surface area (TPSA) is 62.4 Å². The Labute approximate surface area is 122 Å². The summed E-state index contributed by atoms with van der Waals surface area (Å²) in [7, 11) is 0. The van der Waals surface area contributed by atoms with Crippen LogP contribution in [-0.2, 0) is 0 Å². The van der Waals surface area contributed by atoms with Crippen LogP contribution < -0.4 is 4.90 Å². The molecule has 108 valence electrons. The molecule has 0 saturated heterocycles. The van der Waals surface area contributed by atoms with Crippen LogP contribution in [-0.4, -0.2) is 34.3 Å². The monoisotopic (exact) mass is 283 g/mol. The van der Waals surface area contributed by atoms with Crippen molar-refractivity contribution >= 4 is 27.9 Å². The van der Waals surface area contributed by atoms with Crippen LogP contribution in [0.3, 0.4) is 0 Å². The number of rotatable bonds is 4. The number of aliphatic hydroxyl groups excluding tert-OH is 1. The lowest BCUT2D eigenvalue weighted by atomic mass is 9.91. The summed E-state index contributed by atoms with van der Waals surface area (Å²) >= 11 is 0. The molecule has 2 heterocycles. The Balaban J connectivity index is 1.90. The Morgan fingerprint density at radius 2 is 2.10 bits per heavy atom. The Kier molecular flexibility index (Phi) is 3.00. The Bertz CT molecular complexity index is 779. The first-order valence-corrected chi connectivity index (χ1v) is 7.38. The molecular weight excluding hydrogens is 266 g/mol. The smallest absolute Gasteiger partial charge is 0.196 e. The molecule has 0 bridgehead atoms. The third-order valence-electron chi connectivity index (χ3n) is 4.27. The number of hydrogen-bond donors (Lipinski definition) is 1. The summed E-state index contributed by atoms with van der Waals surface area (Å²) in [6, 6.07) is 8.34. The zero-order chi connectivity index (χ0) is 14.2. The summed E-state index contributed by atoms with van der Waals surface area (Å²) < 4.78 is 5.98. The lowest BCUT2D eigenvalue weighted by Gasteiger charge is -2.37. The number of fused-ring (bicyclic) bond motifs is 3. The number of aromatic nitrogens is 2. The van der Waals surface area contributed by atoms with Crippen LogP contribution >= 0.6 is 0 Å². The quantitative estimate of drug-likeness (QED) is 0.797. The van der Waals surface area contributed by atoms with Gasteiger partial charge in [0.25, 0.3) is 0 Å². The van der Waals surface area contributed by atoms with Crippen molar-refractivity contribution in [3.05, 3.63) is 30.6 Å². The summed E-state index contributed by atoms with van der Waals surface area (Å²) in [5.74, 6) is 0.801. The van der Waals surface area contributed by atoms with Gasteiger partial charge in [0.2, 0.25) is 0 Å². The summed E-state index contributed by atoms with van der Waals surface area (Å²) in [5, 5.41) is 10.4. The van der Waals surface area contributed by atoms with Gasteiger partial charge in [-0.05, 0) is 31.4 Å². The van der Waals surface area contributed by atoms with Crippen molar-refractivity contribution in [3.8, 4) is 0 Å². The van der Waals surface area contributed by atoms with Crippen LogP contribution in [0.1, 0.15) is 19.3 Å². The van der Waals surface area contributed by atoms with E-state index in [-0.39, 0.29) is 6.61 Å². The number of furan rings is 1. The zero-order valence-electron chi connectivity index (χ0n) is 11.7. The zero-order valence-corrected chi connectivity index (χ0v) is 11.7. The molecule has 0 radical (unpaired) electrons. The highest BCUT2D eigenvalue weighted by Crippen LogP contribution is 2.35. The highest BCUT2D eigenvalue weighted by Gasteiger charge is 2.28. The molecule has 0 spiro atoms. The number of aliphatic hydroxyl groups is 1. The van der Waals surface area contributed by atoms with Crippen LogP contribution in [0, 0.1) is 0 Å². The molecule has 1 aliphatic rings. The summed E-state index contributed by atoms with van der Waals surface area (Å²) in [6.07, 6.45) is 5.11. The Morgan fingerprint density at radius 1 is 1.24 bits per heavy atom. The lowest BCUT2D eigenvalue weighted by Crippen LogP contribution is -2.42. The van der Waals surface area contributed by atoms with Crippen molar-refractivity contribution in [3.63, 3.8) is 0 Å². The standard InChI is InChI=1S/C16H17N3O2/c20-9-8-19(11-4-3-5-11)16-15-14(17-10-18-16)12-6-1-2-7-13(12)21-15/h1-2,6-7,10-11,20H,3-5,8-9H2. The fourth-order valence-electron chi connectivity index (χ4n) is 2.98. The van der Waals surface area contributed by atoms with E-state index in [0.717, 1.165) is 40.7 Å². The lowest BCUT2D eigenvalue weighted by molar-refractivity contribution is 0.283. The molecule has 2 aromatic heterocycles. The molecule has 4 rings (SSSR count). The molecule has 5 nitrogen and oxygen atoms in total. The van der Waals surface area contributed by atoms with Crippen LogP contribution in [0.5, 0.6) is 0 Å². The number of hydrogen-bond acceptors (Lipinski definition) is 5. The first-order valence-electron chi connectivity index (χ1n) is 7.38. The number of benzene rings is 1. The largest absolute Gasteiger partial charge is 0.450 e. The van der Waals surface area contributed by atoms with Gasteiger partial charge in [-0.2, -0.15) is 0 Å². The first kappa shape index (κ1) is 12.6. The van der Waals surface area contributed by atoms with E-state index in [1.807, 2.05) is 24.3 Å². The van der Waals surface area contributed by atoms with Crippen LogP contribution in [0.15, 0.2) is 35.0 Å². The van der Waals surface area contributed by atoms with Crippen LogP contribution in [0.25, 0.3) is 22.1 Å². The van der Waals surface area contributed by atoms with Gasteiger partial charge in [0.1, 0.15) is 17.4 Å². The number of para-hydroxylation sites is 1. The maximum Gasteiger partial charge on any atom is 0.196 e. The molecule has 21 heavy (non-hydrogen) atoms. The average molecular weight is 283 g/mol. The Hall–Kier alpha value is -2.14. The van der Waals surface area contributed by atoms with E-state index in [2.05, 4.69) is 14.9 Å². The minimum atomic E-state index is 0.113. The molecule has 1 N–H and O–H groups in total. The highest BCUT2D eigenvalue weighted by atomic mass is 16.3. The van der Waals surface area contributed by atoms with E-state index in [0.29, 0.717) is 12.6 Å². The number of nitrogens with zero attached hydrogens (tertiary/aromatic N) is 3. The summed E-state index contributed by atoms with van der Waals surface area (Å²) in [6.45, 7) is 0.691. The van der Waals surface area contributed by atoms with E-state index < -0.39 is 0 Å². The summed E-state index contributed by atoms with van der Waals surface area (Å²) in [5.41, 5.74) is 2.39. The molecule has 0 unspecified atom stereocenters. The van der Waals surface area contributed by atoms with Gasteiger partial charge < -0.3 is 14.4 Å². The third kappa shape index (κ3) is 1.96. The summed E-state index contributed by atoms with van der Waals surface area (Å²) in [4.78, 5) is 11.0. The van der Waals surface area contributed by atoms with E-state index >= 15 is 0 Å². The molecule has 0 aliphatic heterocycles. The van der Waals surface area contributed by atoms with Gasteiger partial charge in [0.15, 0.2) is 11.4 Å². The molecule has 3 aromatic rings. The van der Waals surface area contributed by atoms with Gasteiger partial charge in [-0.1, -0.05) is 12.1 Å². The van der Waals surface area contributed by atoms with Crippen LogP contribution in [0.4, 0.5) is 5.82 Å². The minimum absolute atomic E-state index is 0.113. The third-order valence-corrected chi connectivity index (χ3v) is 4.27. The van der Waals surface area contributed by atoms with E-state index in [9.17, 15) is 5.11 Å². The molecule has 0 amide bonds. The van der Waals surface area contributed by atoms with Gasteiger partial charge >= 0.3 is 0 Å². The second-order valence-corrected chi connectivity index (χ2v) is 5.47. The maximum atomic E-state index is 9.36. The minimum Gasteiger partial charge on any atom is -0.450 e. The van der Waals surface area contributed by atoms with Gasteiger partial charge in [-0.3, -0.25) is 0 Å². The molecule has 0 atom stereocenters. The van der Waals surface area contributed by atoms with E-state index in [1.165, 1.54) is 6.42 Å². The van der Waals surface area contributed by atoms with Crippen molar-refractivity contribution in [2.45, 2.75) is 25.3 Å². The predicted molar refractivity (Wildman–Crippen MR) is 81.4 cm³/mol. The fourth-order valence-corrected chi connectivity index (χ4v) is 2.98. The first-order chi connectivity index (χ1) is 10.4. The second-order valence-electron chi connectivity index (χ2n) is 5.47. The van der Waals surface area contributed by atoms with Crippen molar-refractivity contribution in [1.82, 2.24) is 9.97 Å². The molecule has 1 saturated carbocycles. The van der Waals surface area contributed by atoms with Crippen molar-refractivity contribution in [2.24, 2.45) is 0 Å². The number of anilines is 1. The van der Waals surface area contributed by atoms with Gasteiger partial charge in [-0.15, -0.1) is 0 Å². The molecular formula is C16H17N3O2. The van der Waals surface area contributed by atoms with E-state index in [4.69, 9.17) is 4.42 Å². The normalized spacial score (nSPS) is 15.5. The van der Waals surface area contributed by atoms with Crippen molar-refractivity contribution in [2.75, 3.05) is 18.1 Å². The van der Waals surface area contributed by atoms with Gasteiger partial charge in [0.05, 0.1) is 6.61 Å². The Morgan fingerprint density at radius 3 is 2.86 bits per heavy atom. The van der Waals surface area contributed by atoms with Gasteiger partial charge in [0, 0.05) is 18.0 Å².